The van der Waals surface area contributed by atoms with Gasteiger partial charge >= 0.3 is 12.1 Å². The Bertz CT molecular complexity index is 224. The molecule has 1 aliphatic rings. The molecule has 0 atom stereocenters. The highest BCUT2D eigenvalue weighted by molar-refractivity contribution is 5.93. The van der Waals surface area contributed by atoms with Gasteiger partial charge in [0.1, 0.15) is 0 Å². The van der Waals surface area contributed by atoms with Gasteiger partial charge in [0.25, 0.3) is 0 Å². The number of imide groups is 1. The topological polar surface area (TPSA) is 66.6 Å². The first kappa shape index (κ1) is 7.59. The number of hydrogen-bond donors (Lipinski definition) is 1. The molecule has 0 fully saturated rings. The fraction of sp³-hybridized carbons (Fsp3) is 0.333. The molecule has 0 bridgehead atoms. The molecule has 60 valence electrons. The van der Waals surface area contributed by atoms with Crippen LogP contribution in [-0.2, 0) is 0 Å². The van der Waals surface area contributed by atoms with Crippen molar-refractivity contribution >= 4 is 12.1 Å². The normalized spacial score (nSPS) is 17.4. The Labute approximate surface area is 64.1 Å². The molecule has 2 N–H and O–H groups in total. The van der Waals surface area contributed by atoms with Crippen molar-refractivity contribution in [2.45, 2.75) is 0 Å². The highest BCUT2D eigenvalue weighted by atomic mass is 16.2. The smallest absolute Gasteiger partial charge is 0.332 e. The van der Waals surface area contributed by atoms with E-state index in [1.165, 1.54) is 4.90 Å². The molecular formula is C6H9N3O2. The SMILES string of the molecule is CN1C=CCN(C(N)=O)C1=O. The minimum atomic E-state index is -0.716. The van der Waals surface area contributed by atoms with Crippen LogP contribution in [0.25, 0.3) is 0 Å². The number of carbonyl (C=O) groups excluding carboxylic acids is 2. The summed E-state index contributed by atoms with van der Waals surface area (Å²) >= 11 is 0. The number of rotatable bonds is 0. The Balaban J connectivity index is 2.78. The molecule has 0 saturated heterocycles. The van der Waals surface area contributed by atoms with Gasteiger partial charge in [-0.1, -0.05) is 0 Å². The van der Waals surface area contributed by atoms with Crippen LogP contribution < -0.4 is 5.73 Å². The van der Waals surface area contributed by atoms with Gasteiger partial charge in [-0.15, -0.1) is 0 Å². The number of urea groups is 2. The number of carbonyl (C=O) groups is 2. The molecule has 0 aromatic heterocycles. The lowest BCUT2D eigenvalue weighted by Gasteiger charge is -2.25. The summed E-state index contributed by atoms with van der Waals surface area (Å²) in [6.45, 7) is 0.262. The molecule has 1 heterocycles. The van der Waals surface area contributed by atoms with Crippen molar-refractivity contribution in [2.24, 2.45) is 5.73 Å². The molecule has 1 aliphatic heterocycles. The van der Waals surface area contributed by atoms with Crippen LogP contribution in [0.15, 0.2) is 12.3 Å². The zero-order chi connectivity index (χ0) is 8.43. The molecule has 0 saturated carbocycles. The van der Waals surface area contributed by atoms with Crippen molar-refractivity contribution in [1.82, 2.24) is 9.80 Å². The molecule has 11 heavy (non-hydrogen) atoms. The van der Waals surface area contributed by atoms with E-state index < -0.39 is 6.03 Å². The minimum absolute atomic E-state index is 0.262. The standard InChI is InChI=1S/C6H9N3O2/c1-8-3-2-4-9(5(7)10)6(8)11/h2-3H,4H2,1H3,(H2,7,10). The molecule has 1 rings (SSSR count). The lowest BCUT2D eigenvalue weighted by molar-refractivity contribution is 0.176. The maximum Gasteiger partial charge on any atom is 0.332 e. The van der Waals surface area contributed by atoms with E-state index in [4.69, 9.17) is 5.73 Å². The van der Waals surface area contributed by atoms with Crippen LogP contribution in [0.3, 0.4) is 0 Å². The third-order valence-corrected chi connectivity index (χ3v) is 1.42. The van der Waals surface area contributed by atoms with E-state index in [2.05, 4.69) is 0 Å². The predicted molar refractivity (Wildman–Crippen MR) is 38.6 cm³/mol. The van der Waals surface area contributed by atoms with E-state index in [0.29, 0.717) is 0 Å². The first-order valence-electron chi connectivity index (χ1n) is 3.13. The molecule has 4 amide bonds. The molecular weight excluding hydrogens is 146 g/mol. The first-order chi connectivity index (χ1) is 5.13. The van der Waals surface area contributed by atoms with Crippen LogP contribution in [0.1, 0.15) is 0 Å². The number of nitrogens with zero attached hydrogens (tertiary/aromatic N) is 2. The van der Waals surface area contributed by atoms with Gasteiger partial charge in [-0.3, -0.25) is 0 Å². The van der Waals surface area contributed by atoms with Crippen LogP contribution in [0.2, 0.25) is 0 Å². The summed E-state index contributed by atoms with van der Waals surface area (Å²) in [6.07, 6.45) is 3.29. The van der Waals surface area contributed by atoms with Crippen LogP contribution in [0, 0.1) is 0 Å². The summed E-state index contributed by atoms with van der Waals surface area (Å²) in [5.74, 6) is 0. The lowest BCUT2D eigenvalue weighted by Crippen LogP contribution is -2.47. The van der Waals surface area contributed by atoms with Gasteiger partial charge in [0.2, 0.25) is 0 Å². The Kier molecular flexibility index (Phi) is 1.80. The number of primary amides is 1. The van der Waals surface area contributed by atoms with E-state index in [0.717, 1.165) is 4.90 Å². The van der Waals surface area contributed by atoms with Crippen molar-refractivity contribution in [1.29, 1.82) is 0 Å². The quantitative estimate of drug-likeness (QED) is 0.532. The van der Waals surface area contributed by atoms with Crippen LogP contribution in [-0.4, -0.2) is 35.5 Å². The molecule has 0 radical (unpaired) electrons. The van der Waals surface area contributed by atoms with Crippen molar-refractivity contribution in [3.8, 4) is 0 Å². The third-order valence-electron chi connectivity index (χ3n) is 1.42. The Morgan fingerprint density at radius 3 is 2.82 bits per heavy atom. The van der Waals surface area contributed by atoms with E-state index in [1.807, 2.05) is 0 Å². The van der Waals surface area contributed by atoms with Gasteiger partial charge < -0.3 is 10.6 Å². The van der Waals surface area contributed by atoms with Crippen molar-refractivity contribution in [3.05, 3.63) is 12.3 Å². The minimum Gasteiger partial charge on any atom is -0.351 e. The summed E-state index contributed by atoms with van der Waals surface area (Å²) in [6, 6.07) is -1.11. The molecule has 5 heteroatoms. The molecule has 5 nitrogen and oxygen atoms in total. The van der Waals surface area contributed by atoms with E-state index in [-0.39, 0.29) is 12.6 Å². The molecule has 0 unspecified atom stereocenters. The molecule has 0 aromatic rings. The summed E-state index contributed by atoms with van der Waals surface area (Å²) in [5, 5.41) is 0. The van der Waals surface area contributed by atoms with Crippen LogP contribution >= 0.6 is 0 Å². The van der Waals surface area contributed by atoms with E-state index in [1.54, 1.807) is 19.3 Å². The zero-order valence-electron chi connectivity index (χ0n) is 6.15. The van der Waals surface area contributed by atoms with Crippen molar-refractivity contribution < 1.29 is 9.59 Å². The molecule has 0 spiro atoms. The van der Waals surface area contributed by atoms with Gasteiger partial charge in [0.15, 0.2) is 0 Å². The summed E-state index contributed by atoms with van der Waals surface area (Å²) in [7, 11) is 1.56. The molecule has 0 aromatic carbocycles. The Morgan fingerprint density at radius 2 is 2.36 bits per heavy atom. The number of nitrogens with two attached hydrogens (primary N) is 1. The highest BCUT2D eigenvalue weighted by Gasteiger charge is 2.22. The summed E-state index contributed by atoms with van der Waals surface area (Å²) in [5.41, 5.74) is 4.93. The second kappa shape index (κ2) is 2.61. The van der Waals surface area contributed by atoms with Gasteiger partial charge in [-0.05, 0) is 6.08 Å². The zero-order valence-corrected chi connectivity index (χ0v) is 6.15. The van der Waals surface area contributed by atoms with Crippen LogP contribution in [0.4, 0.5) is 9.59 Å². The maximum atomic E-state index is 11.1. The van der Waals surface area contributed by atoms with Gasteiger partial charge in [-0.25, -0.2) is 14.5 Å². The average molecular weight is 155 g/mol. The van der Waals surface area contributed by atoms with E-state index in [9.17, 15) is 9.59 Å². The van der Waals surface area contributed by atoms with Gasteiger partial charge in [0, 0.05) is 13.2 Å². The summed E-state index contributed by atoms with van der Waals surface area (Å²) in [4.78, 5) is 23.9. The van der Waals surface area contributed by atoms with Crippen molar-refractivity contribution in [3.63, 3.8) is 0 Å². The lowest BCUT2D eigenvalue weighted by atomic mass is 10.4. The number of amides is 4. The van der Waals surface area contributed by atoms with Crippen molar-refractivity contribution in [2.75, 3.05) is 13.6 Å². The second-order valence-corrected chi connectivity index (χ2v) is 2.23. The number of hydrogen-bond acceptors (Lipinski definition) is 2. The van der Waals surface area contributed by atoms with Gasteiger partial charge in [-0.2, -0.15) is 0 Å². The third kappa shape index (κ3) is 1.31. The largest absolute Gasteiger partial charge is 0.351 e. The molecule has 0 aliphatic carbocycles. The fourth-order valence-corrected chi connectivity index (χ4v) is 0.827. The van der Waals surface area contributed by atoms with Crippen LogP contribution in [0.5, 0.6) is 0 Å². The maximum absolute atomic E-state index is 11.1. The Morgan fingerprint density at radius 1 is 1.73 bits per heavy atom. The second-order valence-electron chi connectivity index (χ2n) is 2.23. The monoisotopic (exact) mass is 155 g/mol. The average Bonchev–Trinajstić information content (AvgIpc) is 1.94. The fourth-order valence-electron chi connectivity index (χ4n) is 0.827. The highest BCUT2D eigenvalue weighted by Crippen LogP contribution is 2.03. The summed E-state index contributed by atoms with van der Waals surface area (Å²) < 4.78 is 0. The predicted octanol–water partition coefficient (Wildman–Crippen LogP) is -0.0538. The Hall–Kier alpha value is -1.52. The van der Waals surface area contributed by atoms with Gasteiger partial charge in [0.05, 0.1) is 6.54 Å². The first-order valence-corrected chi connectivity index (χ1v) is 3.13. The van der Waals surface area contributed by atoms with E-state index >= 15 is 0 Å².